The van der Waals surface area contributed by atoms with Gasteiger partial charge in [0.25, 0.3) is 0 Å². The molecule has 0 atom stereocenters. The normalized spacial score (nSPS) is 16.2. The van der Waals surface area contributed by atoms with Crippen LogP contribution < -0.4 is 9.46 Å². The lowest BCUT2D eigenvalue weighted by Gasteiger charge is -2.12. The van der Waals surface area contributed by atoms with Gasteiger partial charge in [-0.15, -0.1) is 0 Å². The second-order valence-corrected chi connectivity index (χ2v) is 6.47. The molecule has 0 radical (unpaired) electrons. The number of nitrogens with one attached hydrogen (secondary N) is 1. The first-order valence-electron chi connectivity index (χ1n) is 6.44. The van der Waals surface area contributed by atoms with Gasteiger partial charge in [-0.3, -0.25) is 0 Å². The number of sulfonamides is 1. The lowest BCUT2D eigenvalue weighted by molar-refractivity contribution is -0.139. The largest absolute Gasteiger partial charge is 0.482 e. The summed E-state index contributed by atoms with van der Waals surface area (Å²) in [6, 6.07) is 5.74. The first-order valence-corrected chi connectivity index (χ1v) is 7.93. The quantitative estimate of drug-likeness (QED) is 0.827. The number of hydrogen-bond acceptors (Lipinski definition) is 4. The average molecular weight is 299 g/mol. The minimum Gasteiger partial charge on any atom is -0.482 e. The first kappa shape index (κ1) is 14.8. The molecule has 0 amide bonds. The molecular formula is C13H17NO5S. The van der Waals surface area contributed by atoms with E-state index in [2.05, 4.69) is 4.72 Å². The maximum absolute atomic E-state index is 12.1. The minimum atomic E-state index is -3.51. The van der Waals surface area contributed by atoms with Crippen LogP contribution in [-0.2, 0) is 14.8 Å². The zero-order chi connectivity index (χ0) is 14.6. The van der Waals surface area contributed by atoms with E-state index >= 15 is 0 Å². The van der Waals surface area contributed by atoms with Crippen LogP contribution in [0.1, 0.15) is 25.7 Å². The molecule has 0 bridgehead atoms. The Balaban J connectivity index is 2.02. The molecule has 6 nitrogen and oxygen atoms in total. The maximum atomic E-state index is 12.1. The minimum absolute atomic E-state index is 0.0166. The Kier molecular flexibility index (Phi) is 4.61. The van der Waals surface area contributed by atoms with Crippen molar-refractivity contribution in [1.82, 2.24) is 4.72 Å². The number of hydrogen-bond donors (Lipinski definition) is 2. The highest BCUT2D eigenvalue weighted by molar-refractivity contribution is 7.89. The summed E-state index contributed by atoms with van der Waals surface area (Å²) in [5.74, 6) is -0.753. The van der Waals surface area contributed by atoms with Crippen molar-refractivity contribution in [2.75, 3.05) is 6.61 Å². The SMILES string of the molecule is O=C(O)COc1ccc(S(=O)(=O)NC2CCCC2)cc1. The topological polar surface area (TPSA) is 92.7 Å². The molecule has 110 valence electrons. The summed E-state index contributed by atoms with van der Waals surface area (Å²) in [6.45, 7) is -0.452. The van der Waals surface area contributed by atoms with Crippen LogP contribution in [0.25, 0.3) is 0 Å². The van der Waals surface area contributed by atoms with E-state index in [1.807, 2.05) is 0 Å². The number of carboxylic acid groups (broad SMARTS) is 1. The zero-order valence-corrected chi connectivity index (χ0v) is 11.7. The van der Waals surface area contributed by atoms with E-state index in [9.17, 15) is 13.2 Å². The predicted molar refractivity (Wildman–Crippen MR) is 72.2 cm³/mol. The molecule has 1 fully saturated rings. The highest BCUT2D eigenvalue weighted by Gasteiger charge is 2.22. The van der Waals surface area contributed by atoms with Gasteiger partial charge in [-0.2, -0.15) is 0 Å². The van der Waals surface area contributed by atoms with Crippen LogP contribution >= 0.6 is 0 Å². The Labute approximate surface area is 117 Å². The van der Waals surface area contributed by atoms with E-state index in [0.29, 0.717) is 5.75 Å². The molecule has 1 saturated carbocycles. The van der Waals surface area contributed by atoms with Crippen molar-refractivity contribution in [3.63, 3.8) is 0 Å². The van der Waals surface area contributed by atoms with Gasteiger partial charge in [-0.1, -0.05) is 12.8 Å². The standard InChI is InChI=1S/C13H17NO5S/c15-13(16)9-19-11-5-7-12(8-6-11)20(17,18)14-10-3-1-2-4-10/h5-8,10,14H,1-4,9H2,(H,15,16). The Hall–Kier alpha value is -1.60. The highest BCUT2D eigenvalue weighted by atomic mass is 32.2. The molecule has 0 aliphatic heterocycles. The second-order valence-electron chi connectivity index (χ2n) is 4.76. The molecule has 0 saturated heterocycles. The van der Waals surface area contributed by atoms with Gasteiger partial charge < -0.3 is 9.84 Å². The van der Waals surface area contributed by atoms with Crippen LogP contribution in [0.2, 0.25) is 0 Å². The van der Waals surface area contributed by atoms with Gasteiger partial charge in [0.05, 0.1) is 4.90 Å². The smallest absolute Gasteiger partial charge is 0.341 e. The molecule has 0 unspecified atom stereocenters. The molecule has 7 heteroatoms. The molecule has 1 aromatic carbocycles. The maximum Gasteiger partial charge on any atom is 0.341 e. The van der Waals surface area contributed by atoms with E-state index in [4.69, 9.17) is 9.84 Å². The van der Waals surface area contributed by atoms with Crippen molar-refractivity contribution in [2.24, 2.45) is 0 Å². The van der Waals surface area contributed by atoms with Crippen molar-refractivity contribution in [2.45, 2.75) is 36.6 Å². The van der Waals surface area contributed by atoms with Crippen LogP contribution in [0, 0.1) is 0 Å². The van der Waals surface area contributed by atoms with E-state index in [1.54, 1.807) is 0 Å². The van der Waals surface area contributed by atoms with E-state index in [-0.39, 0.29) is 10.9 Å². The summed E-state index contributed by atoms with van der Waals surface area (Å²) >= 11 is 0. The third-order valence-corrected chi connectivity index (χ3v) is 4.71. The molecule has 2 N–H and O–H groups in total. The fourth-order valence-corrected chi connectivity index (χ4v) is 3.50. The van der Waals surface area contributed by atoms with Crippen molar-refractivity contribution in [1.29, 1.82) is 0 Å². The third-order valence-electron chi connectivity index (χ3n) is 3.17. The van der Waals surface area contributed by atoms with Crippen molar-refractivity contribution in [3.8, 4) is 5.75 Å². The van der Waals surface area contributed by atoms with Gasteiger partial charge in [0.15, 0.2) is 6.61 Å². The number of carbonyl (C=O) groups is 1. The van der Waals surface area contributed by atoms with E-state index in [1.165, 1.54) is 24.3 Å². The highest BCUT2D eigenvalue weighted by Crippen LogP contribution is 2.21. The van der Waals surface area contributed by atoms with E-state index < -0.39 is 22.6 Å². The molecule has 0 aromatic heterocycles. The molecule has 0 heterocycles. The number of aliphatic carboxylic acids is 1. The van der Waals surface area contributed by atoms with Crippen molar-refractivity contribution >= 4 is 16.0 Å². The summed E-state index contributed by atoms with van der Waals surface area (Å²) < 4.78 is 31.9. The first-order chi connectivity index (χ1) is 9.47. The van der Waals surface area contributed by atoms with Crippen LogP contribution in [0.3, 0.4) is 0 Å². The zero-order valence-electron chi connectivity index (χ0n) is 10.9. The summed E-state index contributed by atoms with van der Waals surface area (Å²) in [5, 5.41) is 8.49. The van der Waals surface area contributed by atoms with Gasteiger partial charge in [-0.25, -0.2) is 17.9 Å². The van der Waals surface area contributed by atoms with Gasteiger partial charge in [0, 0.05) is 6.04 Å². The Bertz CT molecular complexity index is 561. The monoisotopic (exact) mass is 299 g/mol. The molecular weight excluding hydrogens is 282 g/mol. The predicted octanol–water partition coefficient (Wildman–Crippen LogP) is 1.37. The van der Waals surface area contributed by atoms with Crippen molar-refractivity contribution in [3.05, 3.63) is 24.3 Å². The van der Waals surface area contributed by atoms with Gasteiger partial charge >= 0.3 is 5.97 Å². The number of ether oxygens (including phenoxy) is 1. The third kappa shape index (κ3) is 3.94. The summed E-state index contributed by atoms with van der Waals surface area (Å²) in [5.41, 5.74) is 0. The molecule has 0 spiro atoms. The Morgan fingerprint density at radius 3 is 2.40 bits per heavy atom. The van der Waals surface area contributed by atoms with Gasteiger partial charge in [-0.05, 0) is 37.1 Å². The fourth-order valence-electron chi connectivity index (χ4n) is 2.19. The summed E-state index contributed by atoms with van der Waals surface area (Å²) in [4.78, 5) is 10.5. The number of carboxylic acids is 1. The fraction of sp³-hybridized carbons (Fsp3) is 0.462. The van der Waals surface area contributed by atoms with Crippen LogP contribution in [0.4, 0.5) is 0 Å². The Morgan fingerprint density at radius 2 is 1.85 bits per heavy atom. The summed E-state index contributed by atoms with van der Waals surface area (Å²) in [7, 11) is -3.51. The van der Waals surface area contributed by atoms with Crippen LogP contribution in [-0.4, -0.2) is 32.1 Å². The second kappa shape index (κ2) is 6.23. The van der Waals surface area contributed by atoms with Crippen LogP contribution in [0.15, 0.2) is 29.2 Å². The summed E-state index contributed by atoms with van der Waals surface area (Å²) in [6.07, 6.45) is 3.85. The van der Waals surface area contributed by atoms with Crippen molar-refractivity contribution < 1.29 is 23.1 Å². The molecule has 1 aromatic rings. The van der Waals surface area contributed by atoms with Gasteiger partial charge in [0.2, 0.25) is 10.0 Å². The molecule has 20 heavy (non-hydrogen) atoms. The molecule has 1 aliphatic rings. The van der Waals surface area contributed by atoms with E-state index in [0.717, 1.165) is 25.7 Å². The Morgan fingerprint density at radius 1 is 1.25 bits per heavy atom. The number of rotatable bonds is 6. The average Bonchev–Trinajstić information content (AvgIpc) is 2.89. The number of benzene rings is 1. The lowest BCUT2D eigenvalue weighted by atomic mass is 10.3. The van der Waals surface area contributed by atoms with Crippen LogP contribution in [0.5, 0.6) is 5.75 Å². The molecule has 2 rings (SSSR count). The molecule has 1 aliphatic carbocycles. The lowest BCUT2D eigenvalue weighted by Crippen LogP contribution is -2.32. The van der Waals surface area contributed by atoms with Gasteiger partial charge in [0.1, 0.15) is 5.75 Å².